The quantitative estimate of drug-likeness (QED) is 0.775. The summed E-state index contributed by atoms with van der Waals surface area (Å²) in [5.41, 5.74) is 5.82. The van der Waals surface area contributed by atoms with E-state index in [0.29, 0.717) is 19.3 Å². The molecule has 1 aliphatic heterocycles. The molecule has 0 amide bonds. The fraction of sp³-hybridized carbons (Fsp3) is 1.00. The van der Waals surface area contributed by atoms with Gasteiger partial charge in [-0.3, -0.25) is 0 Å². The van der Waals surface area contributed by atoms with E-state index in [9.17, 15) is 13.2 Å². The molecule has 0 spiro atoms. The molecule has 0 aromatic rings. The van der Waals surface area contributed by atoms with Crippen LogP contribution in [0.1, 0.15) is 38.5 Å². The molecule has 0 bridgehead atoms. The van der Waals surface area contributed by atoms with Crippen LogP contribution in [0.25, 0.3) is 0 Å². The van der Waals surface area contributed by atoms with Gasteiger partial charge in [0.15, 0.2) is 0 Å². The minimum Gasteiger partial charge on any atom is -0.328 e. The molecule has 1 saturated heterocycles. The third-order valence-electron chi connectivity index (χ3n) is 4.20. The van der Waals surface area contributed by atoms with Crippen LogP contribution in [-0.2, 0) is 0 Å². The highest BCUT2D eigenvalue weighted by Crippen LogP contribution is 2.39. The lowest BCUT2D eigenvalue weighted by atomic mass is 9.83. The number of rotatable bonds is 1. The lowest BCUT2D eigenvalue weighted by Gasteiger charge is -2.41. The number of hydrogen-bond donors (Lipinski definition) is 1. The zero-order valence-corrected chi connectivity index (χ0v) is 10.0. The third-order valence-corrected chi connectivity index (χ3v) is 4.20. The molecule has 2 fully saturated rings. The summed E-state index contributed by atoms with van der Waals surface area (Å²) < 4.78 is 38.1. The van der Waals surface area contributed by atoms with Crippen LogP contribution in [0.2, 0.25) is 0 Å². The molecule has 0 aromatic carbocycles. The van der Waals surface area contributed by atoms with E-state index < -0.39 is 12.1 Å². The smallest absolute Gasteiger partial charge is 0.328 e. The summed E-state index contributed by atoms with van der Waals surface area (Å²) >= 11 is 0. The van der Waals surface area contributed by atoms with Gasteiger partial charge in [0.05, 0.1) is 5.92 Å². The Morgan fingerprint density at radius 1 is 1.00 bits per heavy atom. The molecule has 2 unspecified atom stereocenters. The van der Waals surface area contributed by atoms with Crippen molar-refractivity contribution in [3.63, 3.8) is 0 Å². The Labute approximate surface area is 100 Å². The first-order valence-corrected chi connectivity index (χ1v) is 6.53. The molecule has 2 nitrogen and oxygen atoms in total. The summed E-state index contributed by atoms with van der Waals surface area (Å²) in [5, 5.41) is 0. The van der Waals surface area contributed by atoms with Gasteiger partial charge in [-0.2, -0.15) is 13.2 Å². The van der Waals surface area contributed by atoms with Crippen molar-refractivity contribution in [3.8, 4) is 0 Å². The monoisotopic (exact) mass is 250 g/mol. The Hall–Kier alpha value is -0.290. The lowest BCUT2D eigenvalue weighted by Crippen LogP contribution is -2.47. The summed E-state index contributed by atoms with van der Waals surface area (Å²) in [6.07, 6.45) is 0.0660. The van der Waals surface area contributed by atoms with E-state index in [0.717, 1.165) is 32.4 Å². The summed E-state index contributed by atoms with van der Waals surface area (Å²) in [5.74, 6) is -1.09. The highest BCUT2D eigenvalue weighted by Gasteiger charge is 2.43. The number of nitrogens with two attached hydrogens (primary N) is 1. The first-order chi connectivity index (χ1) is 7.97. The van der Waals surface area contributed by atoms with Crippen molar-refractivity contribution in [2.75, 3.05) is 13.1 Å². The first kappa shape index (κ1) is 13.1. The van der Waals surface area contributed by atoms with E-state index in [-0.39, 0.29) is 12.1 Å². The van der Waals surface area contributed by atoms with Crippen LogP contribution in [0.3, 0.4) is 0 Å². The van der Waals surface area contributed by atoms with E-state index in [2.05, 4.69) is 4.90 Å². The van der Waals surface area contributed by atoms with Gasteiger partial charge >= 0.3 is 6.18 Å². The average molecular weight is 250 g/mol. The van der Waals surface area contributed by atoms with Crippen LogP contribution in [-0.4, -0.2) is 36.2 Å². The van der Waals surface area contributed by atoms with Crippen molar-refractivity contribution < 1.29 is 13.2 Å². The predicted octanol–water partition coefficient (Wildman–Crippen LogP) is 2.53. The Kier molecular flexibility index (Phi) is 3.98. The van der Waals surface area contributed by atoms with Crippen molar-refractivity contribution in [2.45, 2.75) is 56.8 Å². The van der Waals surface area contributed by atoms with Crippen molar-refractivity contribution in [2.24, 2.45) is 11.7 Å². The van der Waals surface area contributed by atoms with Gasteiger partial charge in [-0.1, -0.05) is 6.42 Å². The molecule has 17 heavy (non-hydrogen) atoms. The summed E-state index contributed by atoms with van der Waals surface area (Å²) in [6, 6.07) is 0.371. The van der Waals surface area contributed by atoms with Crippen LogP contribution >= 0.6 is 0 Å². The van der Waals surface area contributed by atoms with E-state index >= 15 is 0 Å². The van der Waals surface area contributed by atoms with Crippen LogP contribution in [0, 0.1) is 5.92 Å². The number of nitrogens with zero attached hydrogens (tertiary/aromatic N) is 1. The zero-order valence-electron chi connectivity index (χ0n) is 10.0. The molecular weight excluding hydrogens is 229 g/mol. The van der Waals surface area contributed by atoms with E-state index in [1.54, 1.807) is 0 Å². The SMILES string of the molecule is NC1CCN(C2CCCC(C(F)(F)F)C2)CC1. The minimum atomic E-state index is -4.01. The summed E-state index contributed by atoms with van der Waals surface area (Å²) in [6.45, 7) is 1.74. The van der Waals surface area contributed by atoms with Gasteiger partial charge < -0.3 is 10.6 Å². The molecule has 2 N–H and O–H groups in total. The summed E-state index contributed by atoms with van der Waals surface area (Å²) in [4.78, 5) is 2.22. The molecule has 0 radical (unpaired) electrons. The predicted molar refractivity (Wildman–Crippen MR) is 60.6 cm³/mol. The van der Waals surface area contributed by atoms with Crippen LogP contribution in [0.5, 0.6) is 0 Å². The van der Waals surface area contributed by atoms with Gasteiger partial charge in [0.1, 0.15) is 0 Å². The van der Waals surface area contributed by atoms with Crippen molar-refractivity contribution >= 4 is 0 Å². The van der Waals surface area contributed by atoms with Crippen molar-refractivity contribution in [1.29, 1.82) is 0 Å². The lowest BCUT2D eigenvalue weighted by molar-refractivity contribution is -0.187. The normalized spacial score (nSPS) is 33.9. The Morgan fingerprint density at radius 2 is 1.65 bits per heavy atom. The Balaban J connectivity index is 1.89. The van der Waals surface area contributed by atoms with Gasteiger partial charge in [0.2, 0.25) is 0 Å². The number of halogens is 3. The molecule has 0 aromatic heterocycles. The maximum Gasteiger partial charge on any atom is 0.391 e. The fourth-order valence-electron chi connectivity index (χ4n) is 3.08. The van der Waals surface area contributed by atoms with E-state index in [1.807, 2.05) is 0 Å². The largest absolute Gasteiger partial charge is 0.391 e. The maximum absolute atomic E-state index is 12.7. The Morgan fingerprint density at radius 3 is 2.24 bits per heavy atom. The number of piperidine rings is 1. The third kappa shape index (κ3) is 3.35. The summed E-state index contributed by atoms with van der Waals surface area (Å²) in [7, 11) is 0. The first-order valence-electron chi connectivity index (χ1n) is 6.53. The van der Waals surface area contributed by atoms with E-state index in [4.69, 9.17) is 5.73 Å². The number of likely N-dealkylation sites (tertiary alicyclic amines) is 1. The molecule has 2 aliphatic rings. The van der Waals surface area contributed by atoms with Gasteiger partial charge in [0, 0.05) is 12.1 Å². The molecule has 1 aliphatic carbocycles. The van der Waals surface area contributed by atoms with Crippen molar-refractivity contribution in [3.05, 3.63) is 0 Å². The molecule has 1 saturated carbocycles. The standard InChI is InChI=1S/C12H21F3N2/c13-12(14,15)9-2-1-3-11(8-9)17-6-4-10(16)5-7-17/h9-11H,1-8,16H2. The molecule has 2 rings (SSSR count). The van der Waals surface area contributed by atoms with Crippen LogP contribution in [0.15, 0.2) is 0 Å². The molecule has 100 valence electrons. The number of alkyl halides is 3. The molecular formula is C12H21F3N2. The second kappa shape index (κ2) is 5.14. The molecule has 2 atom stereocenters. The van der Waals surface area contributed by atoms with Crippen molar-refractivity contribution in [1.82, 2.24) is 4.90 Å². The second-order valence-corrected chi connectivity index (χ2v) is 5.43. The minimum absolute atomic E-state index is 0.128. The molecule has 1 heterocycles. The maximum atomic E-state index is 12.7. The van der Waals surface area contributed by atoms with Gasteiger partial charge in [0.25, 0.3) is 0 Å². The fourth-order valence-corrected chi connectivity index (χ4v) is 3.08. The second-order valence-electron chi connectivity index (χ2n) is 5.43. The topological polar surface area (TPSA) is 29.3 Å². The molecule has 5 heteroatoms. The average Bonchev–Trinajstić information content (AvgIpc) is 2.29. The van der Waals surface area contributed by atoms with Crippen LogP contribution < -0.4 is 5.73 Å². The van der Waals surface area contributed by atoms with E-state index in [1.165, 1.54) is 0 Å². The van der Waals surface area contributed by atoms with Gasteiger partial charge in [-0.05, 0) is 45.2 Å². The van der Waals surface area contributed by atoms with Crippen LogP contribution in [0.4, 0.5) is 13.2 Å². The zero-order chi connectivity index (χ0) is 12.5. The van der Waals surface area contributed by atoms with Gasteiger partial charge in [-0.15, -0.1) is 0 Å². The highest BCUT2D eigenvalue weighted by atomic mass is 19.4. The number of hydrogen-bond acceptors (Lipinski definition) is 2. The van der Waals surface area contributed by atoms with Gasteiger partial charge in [-0.25, -0.2) is 0 Å². The Bertz CT molecular complexity index is 247. The highest BCUT2D eigenvalue weighted by molar-refractivity contribution is 4.86.